The van der Waals surface area contributed by atoms with E-state index in [1.54, 1.807) is 0 Å². The van der Waals surface area contributed by atoms with Gasteiger partial charge in [-0.25, -0.2) is 10.7 Å². The molecule has 1 rings (SSSR count). The van der Waals surface area contributed by atoms with E-state index in [0.29, 0.717) is 0 Å². The molecule has 1 saturated carbocycles. The molecule has 0 aromatic carbocycles. The largest absolute Gasteiger partial charge is 0.467 e. The molecule has 1 aliphatic carbocycles. The van der Waals surface area contributed by atoms with E-state index < -0.39 is 6.10 Å². The highest BCUT2D eigenvalue weighted by Gasteiger charge is 2.30. The molecule has 0 bridgehead atoms. The number of esters is 1. The van der Waals surface area contributed by atoms with Crippen molar-refractivity contribution in [2.45, 2.75) is 38.2 Å². The molecule has 0 radical (unpaired) electrons. The maximum Gasteiger partial charge on any atom is 0.337 e. The monoisotopic (exact) mass is 187 g/mol. The number of rotatable bonds is 3. The van der Waals surface area contributed by atoms with E-state index in [2.05, 4.69) is 9.57 Å². The van der Waals surface area contributed by atoms with E-state index >= 15 is 0 Å². The second-order valence-electron chi connectivity index (χ2n) is 3.48. The summed E-state index contributed by atoms with van der Waals surface area (Å²) in [6.45, 7) is 0. The van der Waals surface area contributed by atoms with Crippen LogP contribution in [0.25, 0.3) is 0 Å². The maximum absolute atomic E-state index is 11.2. The molecule has 1 unspecified atom stereocenters. The van der Waals surface area contributed by atoms with Crippen LogP contribution in [0, 0.1) is 5.92 Å². The van der Waals surface area contributed by atoms with E-state index in [0.717, 1.165) is 25.7 Å². The van der Waals surface area contributed by atoms with Crippen LogP contribution in [-0.4, -0.2) is 19.2 Å². The molecule has 13 heavy (non-hydrogen) atoms. The molecule has 2 N–H and O–H groups in total. The van der Waals surface area contributed by atoms with Crippen LogP contribution in [0.3, 0.4) is 0 Å². The second-order valence-corrected chi connectivity index (χ2v) is 3.48. The minimum atomic E-state index is -0.565. The summed E-state index contributed by atoms with van der Waals surface area (Å²) in [7, 11) is 1.36. The predicted molar refractivity (Wildman–Crippen MR) is 47.7 cm³/mol. The molecule has 1 fully saturated rings. The number of carbonyl (C=O) groups is 1. The van der Waals surface area contributed by atoms with Gasteiger partial charge in [0.05, 0.1) is 7.11 Å². The zero-order valence-corrected chi connectivity index (χ0v) is 7.99. The van der Waals surface area contributed by atoms with Gasteiger partial charge in [0.15, 0.2) is 6.10 Å². The van der Waals surface area contributed by atoms with Gasteiger partial charge in [0.1, 0.15) is 0 Å². The van der Waals surface area contributed by atoms with Gasteiger partial charge in [-0.2, -0.15) is 0 Å². The molecule has 4 nitrogen and oxygen atoms in total. The number of hydrogen-bond acceptors (Lipinski definition) is 4. The van der Waals surface area contributed by atoms with E-state index in [1.807, 2.05) is 0 Å². The lowest BCUT2D eigenvalue weighted by atomic mass is 9.85. The van der Waals surface area contributed by atoms with Gasteiger partial charge in [-0.1, -0.05) is 19.3 Å². The highest BCUT2D eigenvalue weighted by atomic mass is 16.6. The van der Waals surface area contributed by atoms with Crippen molar-refractivity contribution in [2.24, 2.45) is 11.8 Å². The minimum absolute atomic E-state index is 0.242. The van der Waals surface area contributed by atoms with Crippen molar-refractivity contribution in [3.05, 3.63) is 0 Å². The molecule has 76 valence electrons. The Labute approximate surface area is 78.3 Å². The Kier molecular flexibility index (Phi) is 4.18. The van der Waals surface area contributed by atoms with Gasteiger partial charge in [0, 0.05) is 0 Å². The topological polar surface area (TPSA) is 61.5 Å². The molecule has 0 spiro atoms. The Morgan fingerprint density at radius 3 is 2.46 bits per heavy atom. The first-order chi connectivity index (χ1) is 6.29. The first-order valence-electron chi connectivity index (χ1n) is 4.73. The third-order valence-electron chi connectivity index (χ3n) is 2.66. The Bertz CT molecular complexity index is 166. The molecular weight excluding hydrogens is 170 g/mol. The van der Waals surface area contributed by atoms with Crippen LogP contribution in [0.1, 0.15) is 32.1 Å². The van der Waals surface area contributed by atoms with Crippen molar-refractivity contribution < 1.29 is 14.4 Å². The lowest BCUT2D eigenvalue weighted by Gasteiger charge is -2.26. The number of hydrogen-bond donors (Lipinski definition) is 1. The van der Waals surface area contributed by atoms with Crippen LogP contribution < -0.4 is 5.90 Å². The fraction of sp³-hybridized carbons (Fsp3) is 0.889. The molecule has 0 saturated heterocycles. The summed E-state index contributed by atoms with van der Waals surface area (Å²) in [5.74, 6) is 4.97. The Morgan fingerprint density at radius 2 is 2.00 bits per heavy atom. The van der Waals surface area contributed by atoms with Crippen LogP contribution in [0.2, 0.25) is 0 Å². The molecule has 1 aliphatic rings. The third kappa shape index (κ3) is 2.67. The van der Waals surface area contributed by atoms with Crippen molar-refractivity contribution in [3.63, 3.8) is 0 Å². The number of nitrogens with two attached hydrogens (primary N) is 1. The normalized spacial score (nSPS) is 21.1. The molecule has 1 atom stereocenters. The predicted octanol–water partition coefficient (Wildman–Crippen LogP) is 0.999. The van der Waals surface area contributed by atoms with Crippen LogP contribution in [0.4, 0.5) is 0 Å². The minimum Gasteiger partial charge on any atom is -0.467 e. The molecule has 0 aliphatic heterocycles. The fourth-order valence-corrected chi connectivity index (χ4v) is 1.91. The summed E-state index contributed by atoms with van der Waals surface area (Å²) in [4.78, 5) is 15.9. The zero-order valence-electron chi connectivity index (χ0n) is 7.99. The summed E-state index contributed by atoms with van der Waals surface area (Å²) in [5, 5.41) is 0. The zero-order chi connectivity index (χ0) is 9.68. The molecule has 4 heteroatoms. The molecular formula is C9H17NO3. The summed E-state index contributed by atoms with van der Waals surface area (Å²) in [6, 6.07) is 0. The van der Waals surface area contributed by atoms with Gasteiger partial charge in [0.25, 0.3) is 0 Å². The second kappa shape index (κ2) is 5.19. The summed E-state index contributed by atoms with van der Waals surface area (Å²) in [6.07, 6.45) is 5.01. The standard InChI is InChI=1S/C9H17NO3/c1-12-9(11)8(13-10)7-5-3-2-4-6-7/h7-8H,2-6,10H2,1H3. The number of methoxy groups -OCH3 is 1. The van der Waals surface area contributed by atoms with Crippen LogP contribution in [-0.2, 0) is 14.4 Å². The Balaban J connectivity index is 2.48. The molecule has 0 aromatic heterocycles. The quantitative estimate of drug-likeness (QED) is 0.529. The van der Waals surface area contributed by atoms with Crippen LogP contribution in [0.5, 0.6) is 0 Å². The summed E-state index contributed by atoms with van der Waals surface area (Å²) < 4.78 is 4.61. The highest BCUT2D eigenvalue weighted by Crippen LogP contribution is 2.27. The lowest BCUT2D eigenvalue weighted by molar-refractivity contribution is -0.159. The highest BCUT2D eigenvalue weighted by molar-refractivity contribution is 5.74. The molecule has 0 aromatic rings. The van der Waals surface area contributed by atoms with E-state index in [-0.39, 0.29) is 11.9 Å². The van der Waals surface area contributed by atoms with Gasteiger partial charge in [-0.3, -0.25) is 4.84 Å². The van der Waals surface area contributed by atoms with Crippen molar-refractivity contribution in [1.82, 2.24) is 0 Å². The van der Waals surface area contributed by atoms with E-state index in [9.17, 15) is 4.79 Å². The molecule has 0 heterocycles. The van der Waals surface area contributed by atoms with Crippen LogP contribution >= 0.6 is 0 Å². The third-order valence-corrected chi connectivity index (χ3v) is 2.66. The van der Waals surface area contributed by atoms with Gasteiger partial charge in [-0.05, 0) is 18.8 Å². The molecule has 0 amide bonds. The number of ether oxygens (including phenoxy) is 1. The summed E-state index contributed by atoms with van der Waals surface area (Å²) in [5.41, 5.74) is 0. The van der Waals surface area contributed by atoms with Crippen molar-refractivity contribution >= 4 is 5.97 Å². The van der Waals surface area contributed by atoms with Gasteiger partial charge < -0.3 is 4.74 Å². The Hall–Kier alpha value is -0.610. The van der Waals surface area contributed by atoms with Gasteiger partial charge >= 0.3 is 5.97 Å². The summed E-state index contributed by atoms with van der Waals surface area (Å²) >= 11 is 0. The van der Waals surface area contributed by atoms with Crippen molar-refractivity contribution in [1.29, 1.82) is 0 Å². The van der Waals surface area contributed by atoms with Gasteiger partial charge in [0.2, 0.25) is 0 Å². The van der Waals surface area contributed by atoms with E-state index in [1.165, 1.54) is 13.5 Å². The first kappa shape index (κ1) is 10.5. The lowest BCUT2D eigenvalue weighted by Crippen LogP contribution is -2.36. The smallest absolute Gasteiger partial charge is 0.337 e. The van der Waals surface area contributed by atoms with Crippen molar-refractivity contribution in [2.75, 3.05) is 7.11 Å². The SMILES string of the molecule is COC(=O)C(ON)C1CCCCC1. The average Bonchev–Trinajstić information content (AvgIpc) is 2.20. The van der Waals surface area contributed by atoms with Gasteiger partial charge in [-0.15, -0.1) is 0 Å². The van der Waals surface area contributed by atoms with Crippen molar-refractivity contribution in [3.8, 4) is 0 Å². The first-order valence-corrected chi connectivity index (χ1v) is 4.73. The maximum atomic E-state index is 11.2. The Morgan fingerprint density at radius 1 is 1.38 bits per heavy atom. The number of carbonyl (C=O) groups excluding carboxylic acids is 1. The van der Waals surface area contributed by atoms with Crippen LogP contribution in [0.15, 0.2) is 0 Å². The van der Waals surface area contributed by atoms with E-state index in [4.69, 9.17) is 5.90 Å². The fourth-order valence-electron chi connectivity index (χ4n) is 1.91. The average molecular weight is 187 g/mol.